The van der Waals surface area contributed by atoms with Gasteiger partial charge in [-0.3, -0.25) is 0 Å². The third-order valence-corrected chi connectivity index (χ3v) is 6.10. The van der Waals surface area contributed by atoms with Crippen LogP contribution in [0.15, 0.2) is 24.3 Å². The molecule has 0 saturated heterocycles. The number of halogens is 1. The van der Waals surface area contributed by atoms with Crippen molar-refractivity contribution < 1.29 is 5.11 Å². The maximum Gasteiger partial charge on any atom is 0.0636 e. The van der Waals surface area contributed by atoms with E-state index < -0.39 is 0 Å². The predicted molar refractivity (Wildman–Crippen MR) is 86.5 cm³/mol. The molecule has 3 rings (SSSR count). The number of aliphatic hydroxyl groups is 1. The molecule has 1 saturated carbocycles. The van der Waals surface area contributed by atoms with Crippen LogP contribution in [-0.4, -0.2) is 18.3 Å². The van der Waals surface area contributed by atoms with E-state index in [1.807, 2.05) is 12.1 Å². The molecule has 0 unspecified atom stereocenters. The first-order valence-electron chi connectivity index (χ1n) is 7.22. The van der Waals surface area contributed by atoms with Crippen molar-refractivity contribution in [2.75, 3.05) is 13.2 Å². The number of aliphatic hydroxyl groups excluding tert-OH is 1. The molecule has 0 aliphatic heterocycles. The first-order valence-corrected chi connectivity index (χ1v) is 8.41. The number of rotatable bonds is 5. The second-order valence-electron chi connectivity index (χ2n) is 5.80. The van der Waals surface area contributed by atoms with Gasteiger partial charge in [0.2, 0.25) is 0 Å². The number of hydrogen-bond acceptors (Lipinski definition) is 3. The molecule has 2 aromatic rings. The lowest BCUT2D eigenvalue weighted by Gasteiger charge is -2.26. The van der Waals surface area contributed by atoms with Gasteiger partial charge in [-0.05, 0) is 18.9 Å². The second-order valence-corrected chi connectivity index (χ2v) is 7.32. The Morgan fingerprint density at radius 3 is 2.70 bits per heavy atom. The summed E-state index contributed by atoms with van der Waals surface area (Å²) in [5.41, 5.74) is 0.100. The van der Waals surface area contributed by atoms with E-state index in [1.54, 1.807) is 11.3 Å². The Hall–Kier alpha value is -0.610. The Bertz CT molecular complexity index is 589. The molecule has 1 aliphatic rings. The zero-order valence-corrected chi connectivity index (χ0v) is 13.1. The number of thiophene rings is 1. The molecule has 1 aliphatic carbocycles. The van der Waals surface area contributed by atoms with Crippen molar-refractivity contribution >= 4 is 33.0 Å². The van der Waals surface area contributed by atoms with Gasteiger partial charge in [0.05, 0.1) is 5.02 Å². The van der Waals surface area contributed by atoms with Crippen molar-refractivity contribution in [3.05, 3.63) is 34.2 Å². The molecule has 1 fully saturated rings. The van der Waals surface area contributed by atoms with Crippen LogP contribution >= 0.6 is 22.9 Å². The molecular formula is C16H20ClNOS. The van der Waals surface area contributed by atoms with Crippen molar-refractivity contribution in [3.63, 3.8) is 0 Å². The molecule has 0 radical (unpaired) electrons. The van der Waals surface area contributed by atoms with Crippen LogP contribution in [0.2, 0.25) is 5.02 Å². The molecule has 0 atom stereocenters. The van der Waals surface area contributed by atoms with Crippen LogP contribution in [0.25, 0.3) is 10.1 Å². The summed E-state index contributed by atoms with van der Waals surface area (Å²) >= 11 is 8.20. The number of nitrogens with one attached hydrogen (secondary N) is 1. The molecule has 0 bridgehead atoms. The summed E-state index contributed by atoms with van der Waals surface area (Å²) in [7, 11) is 0. The number of fused-ring (bicyclic) bond motifs is 1. The van der Waals surface area contributed by atoms with Crippen LogP contribution in [0.3, 0.4) is 0 Å². The highest BCUT2D eigenvalue weighted by Crippen LogP contribution is 2.38. The quantitative estimate of drug-likeness (QED) is 0.867. The van der Waals surface area contributed by atoms with Crippen LogP contribution in [-0.2, 0) is 6.54 Å². The summed E-state index contributed by atoms with van der Waals surface area (Å²) in [6, 6.07) is 8.26. The summed E-state index contributed by atoms with van der Waals surface area (Å²) in [5.74, 6) is 0. The number of hydrogen-bond donors (Lipinski definition) is 2. The van der Waals surface area contributed by atoms with Gasteiger partial charge in [0.15, 0.2) is 0 Å². The molecule has 2 nitrogen and oxygen atoms in total. The Morgan fingerprint density at radius 2 is 2.00 bits per heavy atom. The van der Waals surface area contributed by atoms with Gasteiger partial charge < -0.3 is 10.4 Å². The van der Waals surface area contributed by atoms with Crippen molar-refractivity contribution in [2.45, 2.75) is 32.2 Å². The normalized spacial score (nSPS) is 17.9. The lowest BCUT2D eigenvalue weighted by molar-refractivity contribution is 0.128. The fourth-order valence-corrected chi connectivity index (χ4v) is 4.60. The fraction of sp³-hybridized carbons (Fsp3) is 0.500. The molecule has 1 aromatic heterocycles. The first kappa shape index (κ1) is 14.3. The highest BCUT2D eigenvalue weighted by molar-refractivity contribution is 7.19. The lowest BCUT2D eigenvalue weighted by Crippen LogP contribution is -2.34. The van der Waals surface area contributed by atoms with Crippen molar-refractivity contribution in [2.24, 2.45) is 5.41 Å². The smallest absolute Gasteiger partial charge is 0.0636 e. The van der Waals surface area contributed by atoms with Gasteiger partial charge >= 0.3 is 0 Å². The minimum absolute atomic E-state index is 0.100. The number of benzene rings is 1. The second kappa shape index (κ2) is 6.02. The van der Waals surface area contributed by atoms with Crippen LogP contribution in [0, 0.1) is 5.41 Å². The van der Waals surface area contributed by atoms with Crippen LogP contribution in [0.5, 0.6) is 0 Å². The van der Waals surface area contributed by atoms with E-state index in [1.165, 1.54) is 22.4 Å². The van der Waals surface area contributed by atoms with Gasteiger partial charge in [-0.15, -0.1) is 11.3 Å². The monoisotopic (exact) mass is 309 g/mol. The fourth-order valence-electron chi connectivity index (χ4n) is 3.14. The summed E-state index contributed by atoms with van der Waals surface area (Å²) < 4.78 is 1.24. The van der Waals surface area contributed by atoms with Gasteiger partial charge in [0.25, 0.3) is 0 Å². The van der Waals surface area contributed by atoms with E-state index in [-0.39, 0.29) is 5.41 Å². The van der Waals surface area contributed by atoms with Gasteiger partial charge in [-0.2, -0.15) is 0 Å². The molecule has 4 heteroatoms. The Balaban J connectivity index is 1.66. The van der Waals surface area contributed by atoms with Gasteiger partial charge in [0, 0.05) is 40.1 Å². The van der Waals surface area contributed by atoms with E-state index in [9.17, 15) is 5.11 Å². The molecular weight excluding hydrogens is 290 g/mol. The zero-order valence-electron chi connectivity index (χ0n) is 11.5. The third-order valence-electron chi connectivity index (χ3n) is 4.39. The average molecular weight is 310 g/mol. The first-order chi connectivity index (χ1) is 9.74. The van der Waals surface area contributed by atoms with Gasteiger partial charge in [-0.25, -0.2) is 0 Å². The lowest BCUT2D eigenvalue weighted by atomic mass is 9.87. The van der Waals surface area contributed by atoms with E-state index >= 15 is 0 Å². The van der Waals surface area contributed by atoms with Crippen LogP contribution < -0.4 is 5.32 Å². The minimum atomic E-state index is 0.100. The zero-order chi connectivity index (χ0) is 14.0. The van der Waals surface area contributed by atoms with Gasteiger partial charge in [-0.1, -0.05) is 42.6 Å². The van der Waals surface area contributed by atoms with Crippen LogP contribution in [0.1, 0.15) is 30.6 Å². The Kier molecular flexibility index (Phi) is 4.32. The Morgan fingerprint density at radius 1 is 1.25 bits per heavy atom. The highest BCUT2D eigenvalue weighted by Gasteiger charge is 2.32. The molecule has 0 spiro atoms. The molecule has 108 valence electrons. The SMILES string of the molecule is OCC1(CNCc2sc3ccccc3c2Cl)CCCC1. The maximum atomic E-state index is 9.62. The van der Waals surface area contributed by atoms with Crippen molar-refractivity contribution in [1.29, 1.82) is 0 Å². The molecule has 0 amide bonds. The molecule has 2 N–H and O–H groups in total. The topological polar surface area (TPSA) is 32.3 Å². The average Bonchev–Trinajstić information content (AvgIpc) is 3.06. The summed E-state index contributed by atoms with van der Waals surface area (Å²) in [4.78, 5) is 1.19. The minimum Gasteiger partial charge on any atom is -0.396 e. The molecule has 1 heterocycles. The van der Waals surface area contributed by atoms with E-state index in [4.69, 9.17) is 11.6 Å². The van der Waals surface area contributed by atoms with E-state index in [0.29, 0.717) is 6.61 Å². The summed E-state index contributed by atoms with van der Waals surface area (Å²) in [6.07, 6.45) is 4.76. The largest absolute Gasteiger partial charge is 0.396 e. The highest BCUT2D eigenvalue weighted by atomic mass is 35.5. The van der Waals surface area contributed by atoms with Crippen LogP contribution in [0.4, 0.5) is 0 Å². The van der Waals surface area contributed by atoms with Crippen molar-refractivity contribution in [1.82, 2.24) is 5.32 Å². The third kappa shape index (κ3) is 2.73. The maximum absolute atomic E-state index is 9.62. The van der Waals surface area contributed by atoms with Crippen molar-refractivity contribution in [3.8, 4) is 0 Å². The molecule has 20 heavy (non-hydrogen) atoms. The summed E-state index contributed by atoms with van der Waals surface area (Å²) in [6.45, 7) is 1.97. The standard InChI is InChI=1S/C16H20ClNOS/c17-15-12-5-1-2-6-13(12)20-14(15)9-18-10-16(11-19)7-3-4-8-16/h1-2,5-6,18-19H,3-4,7-11H2. The predicted octanol–water partition coefficient (Wildman–Crippen LogP) is 4.20. The van der Waals surface area contributed by atoms with Gasteiger partial charge in [0.1, 0.15) is 0 Å². The summed E-state index contributed by atoms with van der Waals surface area (Å²) in [5, 5.41) is 15.1. The Labute approximate surface area is 128 Å². The van der Waals surface area contributed by atoms with E-state index in [2.05, 4.69) is 17.4 Å². The van der Waals surface area contributed by atoms with E-state index in [0.717, 1.165) is 36.3 Å². The molecule has 1 aromatic carbocycles.